The zero-order valence-electron chi connectivity index (χ0n) is 16.9. The zero-order chi connectivity index (χ0) is 21.4. The maximum Gasteiger partial charge on any atom is 0.339 e. The Morgan fingerprint density at radius 3 is 2.00 bits per heavy atom. The highest BCUT2D eigenvalue weighted by molar-refractivity contribution is 7.89. The van der Waals surface area contributed by atoms with E-state index in [-0.39, 0.29) is 11.4 Å². The molecule has 0 heterocycles. The van der Waals surface area contributed by atoms with Crippen LogP contribution in [0.3, 0.4) is 0 Å². The fraction of sp³-hybridized carbons (Fsp3) is 0.333. The lowest BCUT2D eigenvalue weighted by Crippen LogP contribution is -2.47. The minimum Gasteiger partial charge on any atom is -0.308 e. The first-order valence-electron chi connectivity index (χ1n) is 9.52. The number of unbranched alkanes of at least 4 members (excludes halogenated alkanes) is 2. The summed E-state index contributed by atoms with van der Waals surface area (Å²) in [6.07, 6.45) is 2.14. The van der Waals surface area contributed by atoms with Gasteiger partial charge in [-0.15, -0.1) is 0 Å². The second kappa shape index (κ2) is 10.1. The van der Waals surface area contributed by atoms with Crippen LogP contribution >= 0.6 is 0 Å². The Hall–Kier alpha value is -2.87. The number of aryl methyl sites for hydroxylation is 2. The highest BCUT2D eigenvalue weighted by Gasteiger charge is 2.30. The van der Waals surface area contributed by atoms with Crippen LogP contribution in [0.1, 0.15) is 37.3 Å². The first kappa shape index (κ1) is 22.4. The van der Waals surface area contributed by atoms with Gasteiger partial charge < -0.3 is 5.32 Å². The number of nitrogens with one attached hydrogen (secondary N) is 2. The van der Waals surface area contributed by atoms with E-state index in [2.05, 4.69) is 10.6 Å². The number of carbonyl (C=O) groups is 2. The number of hydrogen-bond acceptors (Lipinski definition) is 4. The van der Waals surface area contributed by atoms with E-state index in [9.17, 15) is 18.0 Å². The summed E-state index contributed by atoms with van der Waals surface area (Å²) in [4.78, 5) is 24.8. The molecule has 0 unspecified atom stereocenters. The summed E-state index contributed by atoms with van der Waals surface area (Å²) in [5.74, 6) is 0. The van der Waals surface area contributed by atoms with Crippen molar-refractivity contribution in [3.8, 4) is 0 Å². The molecule has 7 nitrogen and oxygen atoms in total. The van der Waals surface area contributed by atoms with Crippen LogP contribution in [0.15, 0.2) is 53.4 Å². The highest BCUT2D eigenvalue weighted by atomic mass is 32.2. The monoisotopic (exact) mass is 417 g/mol. The van der Waals surface area contributed by atoms with Crippen LogP contribution in [0, 0.1) is 13.8 Å². The Bertz CT molecular complexity index is 939. The number of sulfonamides is 1. The van der Waals surface area contributed by atoms with Gasteiger partial charge in [-0.1, -0.05) is 55.2 Å². The molecule has 2 aromatic rings. The summed E-state index contributed by atoms with van der Waals surface area (Å²) in [6, 6.07) is 11.5. The lowest BCUT2D eigenvalue weighted by molar-refractivity contribution is 0.218. The molecule has 0 aliphatic carbocycles. The van der Waals surface area contributed by atoms with E-state index >= 15 is 0 Å². The number of rotatable bonds is 7. The van der Waals surface area contributed by atoms with Crippen LogP contribution in [0.4, 0.5) is 15.3 Å². The molecule has 156 valence electrons. The predicted octanol–water partition coefficient (Wildman–Crippen LogP) is 4.43. The van der Waals surface area contributed by atoms with Gasteiger partial charge in [-0.3, -0.25) is 5.32 Å². The highest BCUT2D eigenvalue weighted by Crippen LogP contribution is 2.18. The van der Waals surface area contributed by atoms with Crippen molar-refractivity contribution in [2.24, 2.45) is 0 Å². The Morgan fingerprint density at radius 2 is 1.45 bits per heavy atom. The van der Waals surface area contributed by atoms with Crippen molar-refractivity contribution in [1.82, 2.24) is 9.62 Å². The summed E-state index contributed by atoms with van der Waals surface area (Å²) >= 11 is 0. The molecule has 0 saturated heterocycles. The topological polar surface area (TPSA) is 95.6 Å². The van der Waals surface area contributed by atoms with Crippen molar-refractivity contribution in [1.29, 1.82) is 0 Å². The molecule has 2 rings (SSSR count). The van der Waals surface area contributed by atoms with Crippen molar-refractivity contribution < 1.29 is 18.0 Å². The van der Waals surface area contributed by atoms with Gasteiger partial charge in [-0.05, 0) is 44.5 Å². The van der Waals surface area contributed by atoms with Crippen molar-refractivity contribution >= 4 is 27.8 Å². The van der Waals surface area contributed by atoms with Crippen molar-refractivity contribution in [2.45, 2.75) is 44.9 Å². The number of benzene rings is 2. The number of amides is 4. The van der Waals surface area contributed by atoms with Crippen molar-refractivity contribution in [3.05, 3.63) is 59.7 Å². The van der Waals surface area contributed by atoms with Crippen molar-refractivity contribution in [3.63, 3.8) is 0 Å². The normalized spacial score (nSPS) is 11.0. The predicted molar refractivity (Wildman–Crippen MR) is 113 cm³/mol. The number of nitrogens with zero attached hydrogens (tertiary/aromatic N) is 1. The number of urea groups is 2. The average molecular weight is 418 g/mol. The Morgan fingerprint density at radius 1 is 0.897 bits per heavy atom. The third-order valence-corrected chi connectivity index (χ3v) is 6.13. The van der Waals surface area contributed by atoms with Crippen LogP contribution in [0.5, 0.6) is 0 Å². The van der Waals surface area contributed by atoms with Gasteiger partial charge in [-0.2, -0.15) is 0 Å². The lowest BCUT2D eigenvalue weighted by atomic mass is 10.2. The average Bonchev–Trinajstić information content (AvgIpc) is 2.67. The van der Waals surface area contributed by atoms with Gasteiger partial charge in [0.05, 0.1) is 4.90 Å². The smallest absolute Gasteiger partial charge is 0.308 e. The van der Waals surface area contributed by atoms with Gasteiger partial charge in [0.2, 0.25) is 0 Å². The van der Waals surface area contributed by atoms with E-state index in [4.69, 9.17) is 0 Å². The summed E-state index contributed by atoms with van der Waals surface area (Å²) in [5.41, 5.74) is 2.43. The molecule has 4 amide bonds. The van der Waals surface area contributed by atoms with Crippen LogP contribution in [-0.2, 0) is 10.0 Å². The van der Waals surface area contributed by atoms with E-state index in [1.807, 2.05) is 32.9 Å². The molecule has 0 saturated carbocycles. The molecule has 0 aromatic heterocycles. The van der Waals surface area contributed by atoms with E-state index in [1.165, 1.54) is 12.1 Å². The Labute approximate surface area is 172 Å². The van der Waals surface area contributed by atoms with E-state index in [1.54, 1.807) is 24.3 Å². The van der Waals surface area contributed by atoms with Gasteiger partial charge in [0.1, 0.15) is 0 Å². The minimum atomic E-state index is -4.08. The third kappa shape index (κ3) is 6.32. The Kier molecular flexibility index (Phi) is 7.78. The zero-order valence-corrected chi connectivity index (χ0v) is 17.8. The molecular weight excluding hydrogens is 390 g/mol. The molecule has 0 aliphatic rings. The second-order valence-corrected chi connectivity index (χ2v) is 8.71. The van der Waals surface area contributed by atoms with E-state index < -0.39 is 22.1 Å². The molecule has 29 heavy (non-hydrogen) atoms. The molecule has 0 spiro atoms. The molecule has 0 aliphatic heterocycles. The van der Waals surface area contributed by atoms with Crippen molar-refractivity contribution in [2.75, 3.05) is 11.9 Å². The molecule has 2 aromatic carbocycles. The van der Waals surface area contributed by atoms with E-state index in [0.717, 1.165) is 28.3 Å². The molecule has 0 radical (unpaired) electrons. The van der Waals surface area contributed by atoms with Gasteiger partial charge in [-0.25, -0.2) is 22.3 Å². The molecule has 0 bridgehead atoms. The Balaban J connectivity index is 2.16. The minimum absolute atomic E-state index is 0.00626. The lowest BCUT2D eigenvalue weighted by Gasteiger charge is -2.22. The van der Waals surface area contributed by atoms with E-state index in [0.29, 0.717) is 12.1 Å². The SMILES string of the molecule is CCCCCN(C(=O)NC(=O)Nc1ccc(C)cc1)S(=O)(=O)c1ccc(C)cc1. The second-order valence-electron chi connectivity index (χ2n) is 6.85. The summed E-state index contributed by atoms with van der Waals surface area (Å²) < 4.78 is 26.7. The maximum absolute atomic E-state index is 13.0. The van der Waals surface area contributed by atoms with Gasteiger partial charge in [0, 0.05) is 12.2 Å². The fourth-order valence-corrected chi connectivity index (χ4v) is 4.00. The van der Waals surface area contributed by atoms with Gasteiger partial charge in [0.15, 0.2) is 0 Å². The number of carbonyl (C=O) groups excluding carboxylic acids is 2. The quantitative estimate of drug-likeness (QED) is 0.652. The fourth-order valence-electron chi connectivity index (χ4n) is 2.63. The largest absolute Gasteiger partial charge is 0.339 e. The number of anilines is 1. The molecular formula is C21H27N3O4S. The molecule has 2 N–H and O–H groups in total. The van der Waals surface area contributed by atoms with Crippen LogP contribution < -0.4 is 10.6 Å². The van der Waals surface area contributed by atoms with Crippen LogP contribution in [0.25, 0.3) is 0 Å². The summed E-state index contributed by atoms with van der Waals surface area (Å²) in [6.45, 7) is 5.73. The maximum atomic E-state index is 13.0. The first-order chi connectivity index (χ1) is 13.7. The molecule has 8 heteroatoms. The van der Waals surface area contributed by atoms with Crippen LogP contribution in [-0.4, -0.2) is 31.3 Å². The molecule has 0 fully saturated rings. The molecule has 0 atom stereocenters. The number of hydrogen-bond donors (Lipinski definition) is 2. The summed E-state index contributed by atoms with van der Waals surface area (Å²) in [7, 11) is -4.08. The van der Waals surface area contributed by atoms with Crippen LogP contribution in [0.2, 0.25) is 0 Å². The van der Waals surface area contributed by atoms with Gasteiger partial charge in [0.25, 0.3) is 10.0 Å². The first-order valence-corrected chi connectivity index (χ1v) is 11.0. The summed E-state index contributed by atoms with van der Waals surface area (Å²) in [5, 5.41) is 4.64. The third-order valence-electron chi connectivity index (χ3n) is 4.33. The standard InChI is InChI=1S/C21H27N3O4S/c1-4-5-6-15-24(29(27,28)19-13-9-17(3)10-14-19)21(26)23-20(25)22-18-11-7-16(2)8-12-18/h7-14H,4-6,15H2,1-3H3,(H2,22,23,25,26). The van der Waals surface area contributed by atoms with Gasteiger partial charge >= 0.3 is 12.1 Å². The number of imide groups is 1.